The molecule has 2 fully saturated rings. The molecular weight excluding hydrogens is 220 g/mol. The van der Waals surface area contributed by atoms with Crippen LogP contribution in [-0.4, -0.2) is 30.1 Å². The van der Waals surface area contributed by atoms with Gasteiger partial charge in [-0.1, -0.05) is 30.3 Å². The van der Waals surface area contributed by atoms with Gasteiger partial charge in [0.1, 0.15) is 0 Å². The topological polar surface area (TPSA) is 15.3 Å². The molecule has 0 aromatic heterocycles. The van der Waals surface area contributed by atoms with Crippen molar-refractivity contribution < 1.29 is 0 Å². The molecule has 1 aromatic carbocycles. The lowest BCUT2D eigenvalue weighted by Gasteiger charge is -2.36. The normalized spacial score (nSPS) is 22.8. The molecule has 1 aliphatic carbocycles. The molecule has 1 spiro atoms. The van der Waals surface area contributed by atoms with E-state index in [1.807, 2.05) is 0 Å². The van der Waals surface area contributed by atoms with E-state index in [4.69, 9.17) is 0 Å². The molecule has 0 radical (unpaired) electrons. The monoisotopic (exact) mass is 238 g/mol. The summed E-state index contributed by atoms with van der Waals surface area (Å²) >= 11 is 0. The first-order chi connectivity index (χ1) is 7.39. The highest BCUT2D eigenvalue weighted by atomic mass is 35.5. The standard InChI is InChI=1S/C13H18N2.ClH/c1-2-4-12(5-3-1)10-15-9-8-14-11-13(15)6-7-13;/h1-5,14H,6-11H2;1H. The quantitative estimate of drug-likeness (QED) is 0.849. The van der Waals surface area contributed by atoms with E-state index >= 15 is 0 Å². The SMILES string of the molecule is Cl.c1ccc(CN2CCNCC23CC3)cc1. The van der Waals surface area contributed by atoms with Gasteiger partial charge in [0.15, 0.2) is 0 Å². The molecule has 2 aliphatic rings. The molecule has 1 N–H and O–H groups in total. The summed E-state index contributed by atoms with van der Waals surface area (Å²) < 4.78 is 0. The maximum atomic E-state index is 3.51. The lowest BCUT2D eigenvalue weighted by molar-refractivity contribution is 0.134. The zero-order valence-electron chi connectivity index (χ0n) is 9.48. The molecule has 1 saturated carbocycles. The van der Waals surface area contributed by atoms with Crippen LogP contribution >= 0.6 is 12.4 Å². The Morgan fingerprint density at radius 2 is 1.94 bits per heavy atom. The molecule has 0 amide bonds. The molecule has 0 unspecified atom stereocenters. The van der Waals surface area contributed by atoms with Crippen molar-refractivity contribution >= 4 is 12.4 Å². The molecule has 0 bridgehead atoms. The summed E-state index contributed by atoms with van der Waals surface area (Å²) in [6.45, 7) is 4.67. The number of halogens is 1. The molecule has 1 aromatic rings. The molecule has 3 rings (SSSR count). The first-order valence-corrected chi connectivity index (χ1v) is 5.89. The zero-order chi connectivity index (χ0) is 10.1. The van der Waals surface area contributed by atoms with Crippen molar-refractivity contribution in [2.75, 3.05) is 19.6 Å². The predicted octanol–water partition coefficient (Wildman–Crippen LogP) is 2.05. The Bertz CT molecular complexity index is 335. The van der Waals surface area contributed by atoms with Gasteiger partial charge < -0.3 is 5.32 Å². The summed E-state index contributed by atoms with van der Waals surface area (Å²) in [5, 5.41) is 3.51. The number of hydrogen-bond donors (Lipinski definition) is 1. The highest BCUT2D eigenvalue weighted by molar-refractivity contribution is 5.85. The van der Waals surface area contributed by atoms with E-state index in [9.17, 15) is 0 Å². The van der Waals surface area contributed by atoms with Crippen LogP contribution in [0, 0.1) is 0 Å². The number of rotatable bonds is 2. The molecule has 2 nitrogen and oxygen atoms in total. The third-order valence-electron chi connectivity index (χ3n) is 3.73. The lowest BCUT2D eigenvalue weighted by Crippen LogP contribution is -2.52. The van der Waals surface area contributed by atoms with Crippen LogP contribution in [0.25, 0.3) is 0 Å². The Hall–Kier alpha value is -0.570. The molecule has 0 atom stereocenters. The molecule has 16 heavy (non-hydrogen) atoms. The molecule has 88 valence electrons. The fraction of sp³-hybridized carbons (Fsp3) is 0.538. The van der Waals surface area contributed by atoms with Crippen molar-refractivity contribution in [1.29, 1.82) is 0 Å². The maximum Gasteiger partial charge on any atom is 0.0339 e. The van der Waals surface area contributed by atoms with Gasteiger partial charge in [0, 0.05) is 31.7 Å². The summed E-state index contributed by atoms with van der Waals surface area (Å²) in [6, 6.07) is 10.8. The predicted molar refractivity (Wildman–Crippen MR) is 68.9 cm³/mol. The third-order valence-corrected chi connectivity index (χ3v) is 3.73. The Kier molecular flexibility index (Phi) is 3.53. The summed E-state index contributed by atoms with van der Waals surface area (Å²) in [5.74, 6) is 0. The second kappa shape index (κ2) is 4.74. The molecule has 3 heteroatoms. The van der Waals surface area contributed by atoms with Gasteiger partial charge in [-0.3, -0.25) is 4.90 Å². The molecule has 1 saturated heterocycles. The minimum Gasteiger partial charge on any atom is -0.314 e. The van der Waals surface area contributed by atoms with E-state index in [1.165, 1.54) is 31.5 Å². The van der Waals surface area contributed by atoms with Gasteiger partial charge in [0.25, 0.3) is 0 Å². The zero-order valence-corrected chi connectivity index (χ0v) is 10.3. The summed E-state index contributed by atoms with van der Waals surface area (Å²) in [4.78, 5) is 2.67. The summed E-state index contributed by atoms with van der Waals surface area (Å²) in [7, 11) is 0. The van der Waals surface area contributed by atoms with Crippen LogP contribution in [-0.2, 0) is 6.54 Å². The number of hydrogen-bond acceptors (Lipinski definition) is 2. The van der Waals surface area contributed by atoms with E-state index < -0.39 is 0 Å². The number of nitrogens with one attached hydrogen (secondary N) is 1. The minimum atomic E-state index is 0. The number of nitrogens with zero attached hydrogens (tertiary/aromatic N) is 1. The van der Waals surface area contributed by atoms with E-state index in [0.717, 1.165) is 13.1 Å². The Morgan fingerprint density at radius 3 is 2.62 bits per heavy atom. The number of benzene rings is 1. The van der Waals surface area contributed by atoms with E-state index in [-0.39, 0.29) is 12.4 Å². The Labute approximate surface area is 103 Å². The molecular formula is C13H19ClN2. The van der Waals surface area contributed by atoms with Crippen LogP contribution in [0.2, 0.25) is 0 Å². The van der Waals surface area contributed by atoms with Crippen LogP contribution < -0.4 is 5.32 Å². The summed E-state index contributed by atoms with van der Waals surface area (Å²) in [5.41, 5.74) is 1.97. The van der Waals surface area contributed by atoms with Crippen molar-refractivity contribution in [3.05, 3.63) is 35.9 Å². The number of piperazine rings is 1. The largest absolute Gasteiger partial charge is 0.314 e. The third kappa shape index (κ3) is 2.24. The van der Waals surface area contributed by atoms with Gasteiger partial charge in [-0.25, -0.2) is 0 Å². The van der Waals surface area contributed by atoms with Crippen LogP contribution in [0.15, 0.2) is 30.3 Å². The van der Waals surface area contributed by atoms with Crippen LogP contribution in [0.4, 0.5) is 0 Å². The average molecular weight is 239 g/mol. The van der Waals surface area contributed by atoms with Gasteiger partial charge in [-0.15, -0.1) is 12.4 Å². The van der Waals surface area contributed by atoms with E-state index in [1.54, 1.807) is 0 Å². The van der Waals surface area contributed by atoms with E-state index in [0.29, 0.717) is 5.54 Å². The van der Waals surface area contributed by atoms with Crippen molar-refractivity contribution in [2.45, 2.75) is 24.9 Å². The van der Waals surface area contributed by atoms with Gasteiger partial charge in [0.2, 0.25) is 0 Å². The highest BCUT2D eigenvalue weighted by Crippen LogP contribution is 2.42. The second-order valence-corrected chi connectivity index (χ2v) is 4.81. The Morgan fingerprint density at radius 1 is 1.19 bits per heavy atom. The van der Waals surface area contributed by atoms with Crippen molar-refractivity contribution in [1.82, 2.24) is 10.2 Å². The summed E-state index contributed by atoms with van der Waals surface area (Å²) in [6.07, 6.45) is 2.76. The first kappa shape index (κ1) is 11.9. The maximum absolute atomic E-state index is 3.51. The fourth-order valence-corrected chi connectivity index (χ4v) is 2.57. The van der Waals surface area contributed by atoms with Crippen LogP contribution in [0.5, 0.6) is 0 Å². The average Bonchev–Trinajstić information content (AvgIpc) is 3.04. The van der Waals surface area contributed by atoms with Crippen molar-refractivity contribution in [3.8, 4) is 0 Å². The van der Waals surface area contributed by atoms with Crippen LogP contribution in [0.1, 0.15) is 18.4 Å². The van der Waals surface area contributed by atoms with Crippen molar-refractivity contribution in [2.24, 2.45) is 0 Å². The minimum absolute atomic E-state index is 0. The van der Waals surface area contributed by atoms with Crippen molar-refractivity contribution in [3.63, 3.8) is 0 Å². The first-order valence-electron chi connectivity index (χ1n) is 5.89. The van der Waals surface area contributed by atoms with Crippen LogP contribution in [0.3, 0.4) is 0 Å². The molecule has 1 aliphatic heterocycles. The van der Waals surface area contributed by atoms with Gasteiger partial charge >= 0.3 is 0 Å². The Balaban J connectivity index is 0.000000963. The highest BCUT2D eigenvalue weighted by Gasteiger charge is 2.48. The van der Waals surface area contributed by atoms with Gasteiger partial charge in [-0.05, 0) is 18.4 Å². The van der Waals surface area contributed by atoms with Gasteiger partial charge in [0.05, 0.1) is 0 Å². The fourth-order valence-electron chi connectivity index (χ4n) is 2.57. The van der Waals surface area contributed by atoms with Gasteiger partial charge in [-0.2, -0.15) is 0 Å². The smallest absolute Gasteiger partial charge is 0.0339 e. The van der Waals surface area contributed by atoms with E-state index in [2.05, 4.69) is 40.5 Å². The second-order valence-electron chi connectivity index (χ2n) is 4.81. The molecule has 1 heterocycles. The lowest BCUT2D eigenvalue weighted by atomic mass is 10.1.